The van der Waals surface area contributed by atoms with Gasteiger partial charge in [0.25, 0.3) is 0 Å². The molecule has 0 saturated carbocycles. The van der Waals surface area contributed by atoms with Crippen LogP contribution in [-0.4, -0.2) is 16.3 Å². The number of benzene rings is 1. The van der Waals surface area contributed by atoms with E-state index in [0.717, 1.165) is 19.4 Å². The minimum atomic E-state index is 0.412. The van der Waals surface area contributed by atoms with E-state index in [1.54, 1.807) is 0 Å². The predicted octanol–water partition coefficient (Wildman–Crippen LogP) is 3.31. The molecule has 1 heterocycles. The van der Waals surface area contributed by atoms with Gasteiger partial charge in [0.2, 0.25) is 0 Å². The average Bonchev–Trinajstić information content (AvgIpc) is 2.80. The molecule has 0 saturated heterocycles. The van der Waals surface area contributed by atoms with Crippen LogP contribution in [0, 0.1) is 3.57 Å². The number of hydrogen-bond acceptors (Lipinski definition) is 2. The van der Waals surface area contributed by atoms with E-state index in [2.05, 4.69) is 70.3 Å². The first kappa shape index (κ1) is 14.5. The fraction of sp³-hybridized carbons (Fsp3) is 0.400. The number of nitrogens with zero attached hydrogens (tertiary/aromatic N) is 2. The molecule has 1 atom stereocenters. The van der Waals surface area contributed by atoms with Gasteiger partial charge in [-0.25, -0.2) is 0 Å². The SMILES string of the molecule is CCNC(CCc1ccnn1C)c1cccc(I)c1. The first-order chi connectivity index (χ1) is 9.20. The number of halogens is 1. The lowest BCUT2D eigenvalue weighted by molar-refractivity contribution is 0.506. The van der Waals surface area contributed by atoms with Crippen molar-refractivity contribution in [2.45, 2.75) is 25.8 Å². The molecule has 2 aromatic rings. The van der Waals surface area contributed by atoms with E-state index in [9.17, 15) is 0 Å². The Labute approximate surface area is 128 Å². The minimum absolute atomic E-state index is 0.412. The predicted molar refractivity (Wildman–Crippen MR) is 87.1 cm³/mol. The highest BCUT2D eigenvalue weighted by Gasteiger charge is 2.11. The van der Waals surface area contributed by atoms with E-state index in [1.807, 2.05) is 17.9 Å². The summed E-state index contributed by atoms with van der Waals surface area (Å²) in [6, 6.07) is 11.2. The zero-order chi connectivity index (χ0) is 13.7. The summed E-state index contributed by atoms with van der Waals surface area (Å²) in [6.07, 6.45) is 4.00. The first-order valence-electron chi connectivity index (χ1n) is 6.66. The van der Waals surface area contributed by atoms with E-state index in [0.29, 0.717) is 6.04 Å². The summed E-state index contributed by atoms with van der Waals surface area (Å²) in [5.74, 6) is 0. The smallest absolute Gasteiger partial charge is 0.0492 e. The second-order valence-electron chi connectivity index (χ2n) is 4.65. The Morgan fingerprint density at radius 3 is 2.84 bits per heavy atom. The Morgan fingerprint density at radius 2 is 2.21 bits per heavy atom. The van der Waals surface area contributed by atoms with Crippen LogP contribution in [-0.2, 0) is 13.5 Å². The molecule has 0 bridgehead atoms. The molecule has 1 aromatic heterocycles. The van der Waals surface area contributed by atoms with E-state index in [1.165, 1.54) is 14.8 Å². The van der Waals surface area contributed by atoms with E-state index in [4.69, 9.17) is 0 Å². The third-order valence-corrected chi connectivity index (χ3v) is 3.98. The van der Waals surface area contributed by atoms with Gasteiger partial charge in [-0.1, -0.05) is 19.1 Å². The maximum Gasteiger partial charge on any atom is 0.0492 e. The largest absolute Gasteiger partial charge is 0.310 e. The van der Waals surface area contributed by atoms with Crippen molar-refractivity contribution in [1.29, 1.82) is 0 Å². The minimum Gasteiger partial charge on any atom is -0.310 e. The van der Waals surface area contributed by atoms with Gasteiger partial charge in [0.1, 0.15) is 0 Å². The molecule has 1 aromatic carbocycles. The van der Waals surface area contributed by atoms with Gasteiger partial charge in [-0.05, 0) is 65.7 Å². The quantitative estimate of drug-likeness (QED) is 0.792. The fourth-order valence-corrected chi connectivity index (χ4v) is 2.86. The molecule has 1 N–H and O–H groups in total. The molecule has 3 nitrogen and oxygen atoms in total. The fourth-order valence-electron chi connectivity index (χ4n) is 2.30. The molecule has 102 valence electrons. The van der Waals surface area contributed by atoms with Gasteiger partial charge in [0.05, 0.1) is 0 Å². The molecule has 19 heavy (non-hydrogen) atoms. The normalized spacial score (nSPS) is 12.6. The van der Waals surface area contributed by atoms with E-state index in [-0.39, 0.29) is 0 Å². The Morgan fingerprint density at radius 1 is 1.37 bits per heavy atom. The van der Waals surface area contributed by atoms with Crippen LogP contribution in [0.5, 0.6) is 0 Å². The van der Waals surface area contributed by atoms with Gasteiger partial charge < -0.3 is 5.32 Å². The number of rotatable bonds is 6. The standard InChI is InChI=1S/C15H20IN3/c1-3-17-15(12-5-4-6-13(16)11-12)8-7-14-9-10-18-19(14)2/h4-6,9-11,15,17H,3,7-8H2,1-2H3. The van der Waals surface area contributed by atoms with Crippen molar-refractivity contribution in [2.75, 3.05) is 6.54 Å². The molecule has 0 aliphatic carbocycles. The van der Waals surface area contributed by atoms with Gasteiger partial charge in [-0.15, -0.1) is 0 Å². The van der Waals surface area contributed by atoms with Crippen molar-refractivity contribution in [2.24, 2.45) is 7.05 Å². The van der Waals surface area contributed by atoms with Crippen LogP contribution >= 0.6 is 22.6 Å². The van der Waals surface area contributed by atoms with Crippen molar-refractivity contribution in [3.05, 3.63) is 51.4 Å². The summed E-state index contributed by atoms with van der Waals surface area (Å²) in [6.45, 7) is 3.15. The summed E-state index contributed by atoms with van der Waals surface area (Å²) in [7, 11) is 2.00. The van der Waals surface area contributed by atoms with Crippen LogP contribution in [0.3, 0.4) is 0 Å². The molecule has 0 spiro atoms. The van der Waals surface area contributed by atoms with Crippen LogP contribution in [0.4, 0.5) is 0 Å². The summed E-state index contributed by atoms with van der Waals surface area (Å²) >= 11 is 2.37. The van der Waals surface area contributed by atoms with Crippen LogP contribution < -0.4 is 5.32 Å². The lowest BCUT2D eigenvalue weighted by atomic mass is 10.0. The number of aromatic nitrogens is 2. The van der Waals surface area contributed by atoms with E-state index < -0.39 is 0 Å². The lowest BCUT2D eigenvalue weighted by Crippen LogP contribution is -2.22. The summed E-state index contributed by atoms with van der Waals surface area (Å²) < 4.78 is 3.25. The number of aryl methyl sites for hydroxylation is 2. The second kappa shape index (κ2) is 7.05. The maximum atomic E-state index is 4.22. The van der Waals surface area contributed by atoms with Crippen molar-refractivity contribution in [1.82, 2.24) is 15.1 Å². The topological polar surface area (TPSA) is 29.9 Å². The highest BCUT2D eigenvalue weighted by molar-refractivity contribution is 14.1. The third-order valence-electron chi connectivity index (χ3n) is 3.31. The second-order valence-corrected chi connectivity index (χ2v) is 5.90. The third kappa shape index (κ3) is 4.04. The highest BCUT2D eigenvalue weighted by Crippen LogP contribution is 2.21. The lowest BCUT2D eigenvalue weighted by Gasteiger charge is -2.18. The van der Waals surface area contributed by atoms with Gasteiger partial charge in [-0.2, -0.15) is 5.10 Å². The van der Waals surface area contributed by atoms with Gasteiger partial charge in [0.15, 0.2) is 0 Å². The molecule has 4 heteroatoms. The Hall–Kier alpha value is -0.880. The number of nitrogens with one attached hydrogen (secondary N) is 1. The van der Waals surface area contributed by atoms with Crippen LogP contribution in [0.15, 0.2) is 36.5 Å². The molecular weight excluding hydrogens is 349 g/mol. The Kier molecular flexibility index (Phi) is 5.39. The van der Waals surface area contributed by atoms with E-state index >= 15 is 0 Å². The number of hydrogen-bond donors (Lipinski definition) is 1. The van der Waals surface area contributed by atoms with Crippen LogP contribution in [0.1, 0.15) is 30.6 Å². The molecule has 2 rings (SSSR count). The molecule has 0 aliphatic rings. The molecule has 0 aliphatic heterocycles. The maximum absolute atomic E-state index is 4.22. The first-order valence-corrected chi connectivity index (χ1v) is 7.74. The van der Waals surface area contributed by atoms with Gasteiger partial charge in [0, 0.05) is 28.6 Å². The highest BCUT2D eigenvalue weighted by atomic mass is 127. The molecular formula is C15H20IN3. The summed E-state index contributed by atoms with van der Waals surface area (Å²) in [5.41, 5.74) is 2.66. The van der Waals surface area contributed by atoms with Crippen LogP contribution in [0.2, 0.25) is 0 Å². The molecule has 0 fully saturated rings. The molecule has 0 amide bonds. The zero-order valence-electron chi connectivity index (χ0n) is 11.4. The molecule has 0 radical (unpaired) electrons. The zero-order valence-corrected chi connectivity index (χ0v) is 13.6. The van der Waals surface area contributed by atoms with Crippen molar-refractivity contribution in [3.63, 3.8) is 0 Å². The summed E-state index contributed by atoms with van der Waals surface area (Å²) in [5, 5.41) is 7.80. The van der Waals surface area contributed by atoms with Crippen molar-refractivity contribution in [3.8, 4) is 0 Å². The Bertz CT molecular complexity index is 522. The van der Waals surface area contributed by atoms with Crippen molar-refractivity contribution < 1.29 is 0 Å². The monoisotopic (exact) mass is 369 g/mol. The van der Waals surface area contributed by atoms with Crippen LogP contribution in [0.25, 0.3) is 0 Å². The summed E-state index contributed by atoms with van der Waals surface area (Å²) in [4.78, 5) is 0. The molecule has 1 unspecified atom stereocenters. The van der Waals surface area contributed by atoms with Gasteiger partial charge in [-0.3, -0.25) is 4.68 Å². The van der Waals surface area contributed by atoms with Gasteiger partial charge >= 0.3 is 0 Å². The average molecular weight is 369 g/mol. The van der Waals surface area contributed by atoms with Crippen molar-refractivity contribution >= 4 is 22.6 Å². The Balaban J connectivity index is 2.06.